The average Bonchev–Trinajstić information content (AvgIpc) is 2.48. The van der Waals surface area contributed by atoms with Gasteiger partial charge in [0.15, 0.2) is 5.82 Å². The third-order valence-electron chi connectivity index (χ3n) is 2.59. The quantitative estimate of drug-likeness (QED) is 0.577. The Kier molecular flexibility index (Phi) is 4.00. The molecule has 0 fully saturated rings. The van der Waals surface area contributed by atoms with Crippen molar-refractivity contribution in [3.05, 3.63) is 41.7 Å². The van der Waals surface area contributed by atoms with E-state index < -0.39 is 27.3 Å². The second-order valence-corrected chi connectivity index (χ2v) is 5.73. The molecular formula is C11H11F2N5O2S. The molecule has 0 unspecified atom stereocenters. The van der Waals surface area contributed by atoms with Gasteiger partial charge < -0.3 is 0 Å². The summed E-state index contributed by atoms with van der Waals surface area (Å²) in [4.78, 5) is 6.87. The Labute approximate surface area is 119 Å². The van der Waals surface area contributed by atoms with Crippen LogP contribution in [0.25, 0.3) is 0 Å². The molecule has 0 amide bonds. The third kappa shape index (κ3) is 3.06. The van der Waals surface area contributed by atoms with Crippen LogP contribution in [0.1, 0.15) is 5.56 Å². The van der Waals surface area contributed by atoms with E-state index in [0.29, 0.717) is 0 Å². The summed E-state index contributed by atoms with van der Waals surface area (Å²) < 4.78 is 53.3. The summed E-state index contributed by atoms with van der Waals surface area (Å²) in [5.41, 5.74) is 1.47. The predicted molar refractivity (Wildman–Crippen MR) is 71.7 cm³/mol. The topological polar surface area (TPSA) is 110 Å². The Morgan fingerprint density at radius 2 is 1.81 bits per heavy atom. The number of rotatable bonds is 4. The van der Waals surface area contributed by atoms with Gasteiger partial charge in [0.05, 0.1) is 12.4 Å². The SMILES string of the molecule is Cc1ccc(F)c(NS(=O)(=O)c2cnc(NN)nc2)c1F. The van der Waals surface area contributed by atoms with Gasteiger partial charge in [0.25, 0.3) is 10.0 Å². The minimum Gasteiger partial charge on any atom is -0.292 e. The van der Waals surface area contributed by atoms with Crippen molar-refractivity contribution >= 4 is 21.7 Å². The molecule has 4 N–H and O–H groups in total. The molecule has 0 aliphatic carbocycles. The van der Waals surface area contributed by atoms with Gasteiger partial charge in [-0.2, -0.15) is 0 Å². The molecular weight excluding hydrogens is 304 g/mol. The van der Waals surface area contributed by atoms with Crippen molar-refractivity contribution in [1.82, 2.24) is 9.97 Å². The average molecular weight is 315 g/mol. The van der Waals surface area contributed by atoms with E-state index in [9.17, 15) is 17.2 Å². The van der Waals surface area contributed by atoms with Crippen LogP contribution >= 0.6 is 0 Å². The lowest BCUT2D eigenvalue weighted by atomic mass is 10.2. The second kappa shape index (κ2) is 5.58. The second-order valence-electron chi connectivity index (χ2n) is 4.05. The lowest BCUT2D eigenvalue weighted by Crippen LogP contribution is -2.17. The first-order valence-electron chi connectivity index (χ1n) is 5.61. The number of anilines is 2. The van der Waals surface area contributed by atoms with Crippen LogP contribution in [0.5, 0.6) is 0 Å². The maximum atomic E-state index is 13.8. The standard InChI is InChI=1S/C11H11F2N5O2S/c1-6-2-3-8(12)10(9(6)13)18-21(19,20)7-4-15-11(17-14)16-5-7/h2-5,18H,14H2,1H3,(H,15,16,17). The minimum atomic E-state index is -4.22. The summed E-state index contributed by atoms with van der Waals surface area (Å²) in [5, 5.41) is 0. The van der Waals surface area contributed by atoms with Gasteiger partial charge in [-0.3, -0.25) is 10.1 Å². The van der Waals surface area contributed by atoms with E-state index in [2.05, 4.69) is 15.4 Å². The highest BCUT2D eigenvalue weighted by atomic mass is 32.2. The summed E-state index contributed by atoms with van der Waals surface area (Å²) in [6.45, 7) is 1.39. The molecule has 21 heavy (non-hydrogen) atoms. The Morgan fingerprint density at radius 3 is 2.38 bits per heavy atom. The fraction of sp³-hybridized carbons (Fsp3) is 0.0909. The minimum absolute atomic E-state index is 0.00173. The number of aryl methyl sites for hydroxylation is 1. The summed E-state index contributed by atoms with van der Waals surface area (Å²) >= 11 is 0. The number of hydrogen-bond donors (Lipinski definition) is 3. The van der Waals surface area contributed by atoms with Gasteiger partial charge in [0, 0.05) is 0 Å². The highest BCUT2D eigenvalue weighted by molar-refractivity contribution is 7.92. The molecule has 2 aromatic rings. The van der Waals surface area contributed by atoms with Gasteiger partial charge in [-0.05, 0) is 18.6 Å². The van der Waals surface area contributed by atoms with Gasteiger partial charge in [-0.1, -0.05) is 6.07 Å². The van der Waals surface area contributed by atoms with E-state index in [4.69, 9.17) is 5.84 Å². The Bertz CT molecular complexity index is 765. The number of hydrazine groups is 1. The number of nitrogens with zero attached hydrogens (tertiary/aromatic N) is 2. The lowest BCUT2D eigenvalue weighted by Gasteiger charge is -2.11. The Hall–Kier alpha value is -2.33. The first-order chi connectivity index (χ1) is 9.85. The zero-order valence-electron chi connectivity index (χ0n) is 10.8. The largest absolute Gasteiger partial charge is 0.292 e. The maximum Gasteiger partial charge on any atom is 0.265 e. The number of nitrogens with one attached hydrogen (secondary N) is 2. The highest BCUT2D eigenvalue weighted by Gasteiger charge is 2.21. The van der Waals surface area contributed by atoms with Crippen molar-refractivity contribution in [1.29, 1.82) is 0 Å². The van der Waals surface area contributed by atoms with Crippen LogP contribution in [0.15, 0.2) is 29.4 Å². The van der Waals surface area contributed by atoms with Crippen molar-refractivity contribution in [2.45, 2.75) is 11.8 Å². The lowest BCUT2D eigenvalue weighted by molar-refractivity contribution is 0.578. The van der Waals surface area contributed by atoms with Crippen molar-refractivity contribution in [2.75, 3.05) is 10.1 Å². The van der Waals surface area contributed by atoms with E-state index >= 15 is 0 Å². The summed E-state index contributed by atoms with van der Waals surface area (Å²) in [6, 6.07) is 2.17. The summed E-state index contributed by atoms with van der Waals surface area (Å²) in [6.07, 6.45) is 1.91. The number of sulfonamides is 1. The molecule has 112 valence electrons. The fourth-order valence-corrected chi connectivity index (χ4v) is 2.43. The van der Waals surface area contributed by atoms with Crippen molar-refractivity contribution < 1.29 is 17.2 Å². The first kappa shape index (κ1) is 15.1. The van der Waals surface area contributed by atoms with Crippen LogP contribution in [0.2, 0.25) is 0 Å². The number of nitrogens with two attached hydrogens (primary N) is 1. The molecule has 0 atom stereocenters. The molecule has 0 spiro atoms. The van der Waals surface area contributed by atoms with Gasteiger partial charge in [-0.25, -0.2) is 33.0 Å². The number of halogens is 2. The van der Waals surface area contributed by atoms with Crippen molar-refractivity contribution in [2.24, 2.45) is 5.84 Å². The monoisotopic (exact) mass is 315 g/mol. The third-order valence-corrected chi connectivity index (χ3v) is 3.89. The van der Waals surface area contributed by atoms with Crippen LogP contribution in [0.3, 0.4) is 0 Å². The molecule has 1 aromatic heterocycles. The molecule has 2 rings (SSSR count). The molecule has 1 heterocycles. The molecule has 7 nitrogen and oxygen atoms in total. The van der Waals surface area contributed by atoms with E-state index in [1.807, 2.05) is 4.72 Å². The first-order valence-corrected chi connectivity index (χ1v) is 7.09. The number of hydrogen-bond acceptors (Lipinski definition) is 6. The zero-order valence-corrected chi connectivity index (χ0v) is 11.6. The molecule has 0 bridgehead atoms. The van der Waals surface area contributed by atoms with Crippen LogP contribution in [0, 0.1) is 18.6 Å². The Morgan fingerprint density at radius 1 is 1.19 bits per heavy atom. The number of aromatic nitrogens is 2. The Balaban J connectivity index is 2.39. The normalized spacial score (nSPS) is 11.2. The van der Waals surface area contributed by atoms with Gasteiger partial charge in [0.2, 0.25) is 5.95 Å². The summed E-state index contributed by atoms with van der Waals surface area (Å²) in [5.74, 6) is 3.04. The molecule has 0 aliphatic heterocycles. The van der Waals surface area contributed by atoms with Gasteiger partial charge in [0.1, 0.15) is 16.4 Å². The number of benzene rings is 1. The van der Waals surface area contributed by atoms with Crippen LogP contribution in [0.4, 0.5) is 20.4 Å². The molecule has 0 saturated carbocycles. The molecule has 0 saturated heterocycles. The highest BCUT2D eigenvalue weighted by Crippen LogP contribution is 2.24. The predicted octanol–water partition coefficient (Wildman–Crippen LogP) is 1.15. The molecule has 0 radical (unpaired) electrons. The smallest absolute Gasteiger partial charge is 0.265 e. The molecule has 1 aromatic carbocycles. The fourth-order valence-electron chi connectivity index (χ4n) is 1.47. The van der Waals surface area contributed by atoms with E-state index in [1.54, 1.807) is 0 Å². The van der Waals surface area contributed by atoms with Gasteiger partial charge in [-0.15, -0.1) is 0 Å². The van der Waals surface area contributed by atoms with E-state index in [0.717, 1.165) is 18.5 Å². The molecule has 0 aliphatic rings. The van der Waals surface area contributed by atoms with E-state index in [1.165, 1.54) is 13.0 Å². The van der Waals surface area contributed by atoms with Crippen LogP contribution in [-0.4, -0.2) is 18.4 Å². The van der Waals surface area contributed by atoms with Crippen molar-refractivity contribution in [3.8, 4) is 0 Å². The molecule has 10 heteroatoms. The van der Waals surface area contributed by atoms with E-state index in [-0.39, 0.29) is 16.4 Å². The van der Waals surface area contributed by atoms with Crippen molar-refractivity contribution in [3.63, 3.8) is 0 Å². The summed E-state index contributed by atoms with van der Waals surface area (Å²) in [7, 11) is -4.22. The maximum absolute atomic E-state index is 13.8. The number of nitrogen functional groups attached to an aromatic ring is 1. The zero-order chi connectivity index (χ0) is 15.6. The van der Waals surface area contributed by atoms with Crippen LogP contribution < -0.4 is 16.0 Å². The van der Waals surface area contributed by atoms with Crippen LogP contribution in [-0.2, 0) is 10.0 Å². The van der Waals surface area contributed by atoms with Gasteiger partial charge >= 0.3 is 0 Å².